The van der Waals surface area contributed by atoms with E-state index in [4.69, 9.17) is 0 Å². The Morgan fingerprint density at radius 3 is 2.39 bits per heavy atom. The van der Waals surface area contributed by atoms with Gasteiger partial charge in [0.25, 0.3) is 0 Å². The molecule has 0 radical (unpaired) electrons. The highest BCUT2D eigenvalue weighted by molar-refractivity contribution is 5.95. The summed E-state index contributed by atoms with van der Waals surface area (Å²) < 4.78 is 12.8. The first-order valence-corrected chi connectivity index (χ1v) is 7.47. The fourth-order valence-corrected chi connectivity index (χ4v) is 2.17. The summed E-state index contributed by atoms with van der Waals surface area (Å²) in [4.78, 5) is 23.7. The van der Waals surface area contributed by atoms with Crippen molar-refractivity contribution in [2.75, 3.05) is 11.9 Å². The Bertz CT molecular complexity index is 684. The molecule has 0 spiro atoms. The fraction of sp³-hybridized carbons (Fsp3) is 0.222. The van der Waals surface area contributed by atoms with E-state index >= 15 is 0 Å². The SMILES string of the molecule is CCc1ccccc1NC(=O)CNC(=O)Cc1ccc(F)cc1. The molecule has 0 aliphatic rings. The first kappa shape index (κ1) is 16.7. The normalized spacial score (nSPS) is 10.2. The quantitative estimate of drug-likeness (QED) is 0.861. The molecule has 5 heteroatoms. The van der Waals surface area contributed by atoms with Gasteiger partial charge in [-0.3, -0.25) is 9.59 Å². The van der Waals surface area contributed by atoms with Crippen molar-refractivity contribution in [1.82, 2.24) is 5.32 Å². The number of para-hydroxylation sites is 1. The van der Waals surface area contributed by atoms with Crippen molar-refractivity contribution >= 4 is 17.5 Å². The molecular formula is C18H19FN2O2. The van der Waals surface area contributed by atoms with Crippen LogP contribution in [0.3, 0.4) is 0 Å². The molecule has 4 nitrogen and oxygen atoms in total. The maximum Gasteiger partial charge on any atom is 0.243 e. The van der Waals surface area contributed by atoms with Crippen LogP contribution in [0.25, 0.3) is 0 Å². The maximum absolute atomic E-state index is 12.8. The summed E-state index contributed by atoms with van der Waals surface area (Å²) in [5.74, 6) is -0.906. The van der Waals surface area contributed by atoms with Gasteiger partial charge < -0.3 is 10.6 Å². The second-order valence-electron chi connectivity index (χ2n) is 5.14. The third-order valence-corrected chi connectivity index (χ3v) is 3.40. The number of carbonyl (C=O) groups excluding carboxylic acids is 2. The monoisotopic (exact) mass is 314 g/mol. The van der Waals surface area contributed by atoms with Crippen LogP contribution in [0.1, 0.15) is 18.1 Å². The molecule has 0 unspecified atom stereocenters. The summed E-state index contributed by atoms with van der Waals surface area (Å²) in [7, 11) is 0. The highest BCUT2D eigenvalue weighted by Crippen LogP contribution is 2.14. The van der Waals surface area contributed by atoms with Gasteiger partial charge in [-0.2, -0.15) is 0 Å². The molecule has 0 saturated heterocycles. The summed E-state index contributed by atoms with van der Waals surface area (Å²) in [6.45, 7) is 1.91. The third-order valence-electron chi connectivity index (χ3n) is 3.40. The van der Waals surface area contributed by atoms with E-state index in [1.54, 1.807) is 12.1 Å². The molecule has 0 aliphatic heterocycles. The standard InChI is InChI=1S/C18H19FN2O2/c1-2-14-5-3-4-6-16(14)21-18(23)12-20-17(22)11-13-7-9-15(19)10-8-13/h3-10H,2,11-12H2,1H3,(H,20,22)(H,21,23). The molecule has 0 bridgehead atoms. The molecule has 2 N–H and O–H groups in total. The smallest absolute Gasteiger partial charge is 0.243 e. The number of anilines is 1. The number of amides is 2. The molecule has 0 aliphatic carbocycles. The Morgan fingerprint density at radius 1 is 1.00 bits per heavy atom. The molecule has 2 rings (SSSR count). The lowest BCUT2D eigenvalue weighted by Gasteiger charge is -2.10. The zero-order chi connectivity index (χ0) is 16.7. The van der Waals surface area contributed by atoms with Crippen molar-refractivity contribution in [2.24, 2.45) is 0 Å². The van der Waals surface area contributed by atoms with Crippen LogP contribution >= 0.6 is 0 Å². The number of hydrogen-bond acceptors (Lipinski definition) is 2. The lowest BCUT2D eigenvalue weighted by atomic mass is 10.1. The molecule has 120 valence electrons. The highest BCUT2D eigenvalue weighted by atomic mass is 19.1. The molecule has 0 saturated carbocycles. The Balaban J connectivity index is 1.82. The van der Waals surface area contributed by atoms with Crippen LogP contribution in [0.5, 0.6) is 0 Å². The van der Waals surface area contributed by atoms with E-state index in [1.807, 2.05) is 31.2 Å². The number of carbonyl (C=O) groups is 2. The Labute approximate surface area is 134 Å². The van der Waals surface area contributed by atoms with E-state index in [9.17, 15) is 14.0 Å². The summed E-state index contributed by atoms with van der Waals surface area (Å²) in [5, 5.41) is 5.34. The van der Waals surface area contributed by atoms with Crippen LogP contribution in [-0.2, 0) is 22.4 Å². The van der Waals surface area contributed by atoms with Crippen LogP contribution in [0.4, 0.5) is 10.1 Å². The largest absolute Gasteiger partial charge is 0.347 e. The number of halogens is 1. The fourth-order valence-electron chi connectivity index (χ4n) is 2.17. The Hall–Kier alpha value is -2.69. The van der Waals surface area contributed by atoms with Crippen molar-refractivity contribution in [2.45, 2.75) is 19.8 Å². The van der Waals surface area contributed by atoms with Crippen molar-refractivity contribution in [3.63, 3.8) is 0 Å². The molecule has 0 atom stereocenters. The average Bonchev–Trinajstić information content (AvgIpc) is 2.55. The number of nitrogens with one attached hydrogen (secondary N) is 2. The molecule has 0 aromatic heterocycles. The zero-order valence-electron chi connectivity index (χ0n) is 12.9. The van der Waals surface area contributed by atoms with Crippen molar-refractivity contribution in [3.8, 4) is 0 Å². The van der Waals surface area contributed by atoms with Gasteiger partial charge in [-0.1, -0.05) is 37.3 Å². The van der Waals surface area contributed by atoms with Crippen LogP contribution in [-0.4, -0.2) is 18.4 Å². The van der Waals surface area contributed by atoms with Crippen molar-refractivity contribution in [3.05, 3.63) is 65.5 Å². The number of benzene rings is 2. The van der Waals surface area contributed by atoms with Gasteiger partial charge >= 0.3 is 0 Å². The maximum atomic E-state index is 12.8. The average molecular weight is 314 g/mol. The minimum atomic E-state index is -0.344. The van der Waals surface area contributed by atoms with E-state index in [1.165, 1.54) is 12.1 Å². The Kier molecular flexibility index (Phi) is 5.86. The summed E-state index contributed by atoms with van der Waals surface area (Å²) in [6.07, 6.45) is 0.923. The minimum Gasteiger partial charge on any atom is -0.347 e. The Morgan fingerprint density at radius 2 is 1.70 bits per heavy atom. The van der Waals surface area contributed by atoms with Gasteiger partial charge in [-0.25, -0.2) is 4.39 Å². The topological polar surface area (TPSA) is 58.2 Å². The molecule has 23 heavy (non-hydrogen) atoms. The summed E-state index contributed by atoms with van der Waals surface area (Å²) >= 11 is 0. The van der Waals surface area contributed by atoms with Gasteiger partial charge in [0.1, 0.15) is 5.82 Å². The lowest BCUT2D eigenvalue weighted by molar-refractivity contribution is -0.123. The second-order valence-corrected chi connectivity index (χ2v) is 5.14. The van der Waals surface area contributed by atoms with Crippen molar-refractivity contribution < 1.29 is 14.0 Å². The first-order chi connectivity index (χ1) is 11.1. The number of aryl methyl sites for hydroxylation is 1. The summed E-state index contributed by atoms with van der Waals surface area (Å²) in [5.41, 5.74) is 2.49. The van der Waals surface area contributed by atoms with E-state index < -0.39 is 0 Å². The molecular weight excluding hydrogens is 295 g/mol. The molecule has 2 aromatic rings. The van der Waals surface area contributed by atoms with Gasteiger partial charge in [0.05, 0.1) is 13.0 Å². The van der Waals surface area contributed by atoms with Gasteiger partial charge in [0.15, 0.2) is 0 Å². The molecule has 0 heterocycles. The van der Waals surface area contributed by atoms with Gasteiger partial charge in [-0.05, 0) is 35.7 Å². The third kappa shape index (κ3) is 5.21. The van der Waals surface area contributed by atoms with Crippen LogP contribution in [0.15, 0.2) is 48.5 Å². The van der Waals surface area contributed by atoms with Gasteiger partial charge in [0.2, 0.25) is 11.8 Å². The molecule has 0 fully saturated rings. The molecule has 2 amide bonds. The van der Waals surface area contributed by atoms with Crippen LogP contribution in [0, 0.1) is 5.82 Å². The van der Waals surface area contributed by atoms with E-state index in [0.29, 0.717) is 5.56 Å². The number of hydrogen-bond donors (Lipinski definition) is 2. The van der Waals surface area contributed by atoms with Gasteiger partial charge in [-0.15, -0.1) is 0 Å². The first-order valence-electron chi connectivity index (χ1n) is 7.47. The zero-order valence-corrected chi connectivity index (χ0v) is 12.9. The minimum absolute atomic E-state index is 0.0991. The second kappa shape index (κ2) is 8.08. The number of rotatable bonds is 6. The predicted molar refractivity (Wildman–Crippen MR) is 87.6 cm³/mol. The molecule has 2 aromatic carbocycles. The van der Waals surface area contributed by atoms with Crippen LogP contribution in [0.2, 0.25) is 0 Å². The van der Waals surface area contributed by atoms with E-state index in [2.05, 4.69) is 10.6 Å². The van der Waals surface area contributed by atoms with E-state index in [-0.39, 0.29) is 30.6 Å². The van der Waals surface area contributed by atoms with Gasteiger partial charge in [0, 0.05) is 5.69 Å². The van der Waals surface area contributed by atoms with Crippen molar-refractivity contribution in [1.29, 1.82) is 0 Å². The highest BCUT2D eigenvalue weighted by Gasteiger charge is 2.08. The lowest BCUT2D eigenvalue weighted by Crippen LogP contribution is -2.33. The summed E-state index contributed by atoms with van der Waals surface area (Å²) in [6, 6.07) is 13.2. The van der Waals surface area contributed by atoms with E-state index in [0.717, 1.165) is 17.7 Å². The van der Waals surface area contributed by atoms with Crippen LogP contribution < -0.4 is 10.6 Å². The predicted octanol–water partition coefficient (Wildman–Crippen LogP) is 2.69.